The monoisotopic (exact) mass is 403 g/mol. The van der Waals surface area contributed by atoms with Gasteiger partial charge in [0.15, 0.2) is 5.96 Å². The van der Waals surface area contributed by atoms with Crippen molar-refractivity contribution in [3.8, 4) is 0 Å². The van der Waals surface area contributed by atoms with Crippen LogP contribution in [0.2, 0.25) is 0 Å². The number of benzene rings is 1. The number of amides is 1. The highest BCUT2D eigenvalue weighted by Crippen LogP contribution is 2.21. The zero-order valence-electron chi connectivity index (χ0n) is 18.5. The second-order valence-corrected chi connectivity index (χ2v) is 8.45. The van der Waals surface area contributed by atoms with Crippen molar-refractivity contribution in [2.75, 3.05) is 45.9 Å². The van der Waals surface area contributed by atoms with E-state index in [-0.39, 0.29) is 24.0 Å². The van der Waals surface area contributed by atoms with Gasteiger partial charge in [0.1, 0.15) is 6.54 Å². The first-order valence-corrected chi connectivity index (χ1v) is 10.5. The first kappa shape index (κ1) is 23.2. The number of carbonyl (C=O) groups is 1. The zero-order valence-corrected chi connectivity index (χ0v) is 18.5. The van der Waals surface area contributed by atoms with E-state index in [1.807, 2.05) is 27.7 Å². The Morgan fingerprint density at radius 1 is 1.17 bits per heavy atom. The fourth-order valence-corrected chi connectivity index (χ4v) is 3.28. The van der Waals surface area contributed by atoms with Crippen LogP contribution in [0.3, 0.4) is 0 Å². The van der Waals surface area contributed by atoms with E-state index in [1.165, 1.54) is 11.1 Å². The minimum absolute atomic E-state index is 0.0852. The third-order valence-electron chi connectivity index (χ3n) is 4.65. The number of aliphatic imine (C=N–C) groups is 1. The maximum atomic E-state index is 12.1. The molecule has 0 aliphatic carbocycles. The largest absolute Gasteiger partial charge is 0.379 e. The number of rotatable bonds is 7. The van der Waals surface area contributed by atoms with Crippen LogP contribution in [0, 0.1) is 6.92 Å². The van der Waals surface area contributed by atoms with Gasteiger partial charge in [0.25, 0.3) is 0 Å². The average molecular weight is 404 g/mol. The predicted molar refractivity (Wildman–Crippen MR) is 118 cm³/mol. The first-order valence-electron chi connectivity index (χ1n) is 10.5. The summed E-state index contributed by atoms with van der Waals surface area (Å²) in [6.07, 6.45) is 0. The summed E-state index contributed by atoms with van der Waals surface area (Å²) in [7, 11) is 0. The van der Waals surface area contributed by atoms with Crippen molar-refractivity contribution in [3.63, 3.8) is 0 Å². The van der Waals surface area contributed by atoms with Crippen molar-refractivity contribution in [2.45, 2.75) is 46.2 Å². The van der Waals surface area contributed by atoms with Crippen molar-refractivity contribution < 1.29 is 9.53 Å². The molecule has 7 nitrogen and oxygen atoms in total. The molecule has 1 atom stereocenters. The van der Waals surface area contributed by atoms with E-state index < -0.39 is 0 Å². The van der Waals surface area contributed by atoms with Gasteiger partial charge in [-0.05, 0) is 40.2 Å². The van der Waals surface area contributed by atoms with E-state index in [0.29, 0.717) is 12.5 Å². The number of carbonyl (C=O) groups excluding carboxylic acids is 1. The minimum atomic E-state index is -0.259. The summed E-state index contributed by atoms with van der Waals surface area (Å²) >= 11 is 0. The summed E-state index contributed by atoms with van der Waals surface area (Å²) < 4.78 is 5.53. The number of hydrogen-bond acceptors (Lipinski definition) is 4. The molecule has 0 saturated carbocycles. The van der Waals surface area contributed by atoms with Crippen LogP contribution in [0.25, 0.3) is 0 Å². The molecule has 1 aromatic rings. The van der Waals surface area contributed by atoms with E-state index in [2.05, 4.69) is 57.0 Å². The Morgan fingerprint density at radius 3 is 2.41 bits per heavy atom. The van der Waals surface area contributed by atoms with E-state index in [4.69, 9.17) is 4.74 Å². The predicted octanol–water partition coefficient (Wildman–Crippen LogP) is 1.84. The summed E-state index contributed by atoms with van der Waals surface area (Å²) in [6, 6.07) is 8.90. The highest BCUT2D eigenvalue weighted by molar-refractivity contribution is 5.85. The van der Waals surface area contributed by atoms with Gasteiger partial charge >= 0.3 is 0 Å². The number of guanidine groups is 1. The Morgan fingerprint density at radius 2 is 1.83 bits per heavy atom. The molecule has 162 valence electrons. The molecule has 7 heteroatoms. The van der Waals surface area contributed by atoms with Crippen molar-refractivity contribution in [1.82, 2.24) is 20.9 Å². The van der Waals surface area contributed by atoms with Crippen LogP contribution >= 0.6 is 0 Å². The van der Waals surface area contributed by atoms with E-state index in [9.17, 15) is 4.79 Å². The molecular formula is C22H37N5O2. The van der Waals surface area contributed by atoms with E-state index in [1.54, 1.807) is 0 Å². The highest BCUT2D eigenvalue weighted by Gasteiger charge is 2.23. The summed E-state index contributed by atoms with van der Waals surface area (Å²) in [4.78, 5) is 19.0. The molecule has 1 fully saturated rings. The molecule has 0 bridgehead atoms. The molecule has 0 aromatic heterocycles. The maximum absolute atomic E-state index is 12.1. The molecule has 3 N–H and O–H groups in total. The quantitative estimate of drug-likeness (QED) is 0.478. The molecule has 1 aliphatic rings. The van der Waals surface area contributed by atoms with Gasteiger partial charge in [-0.15, -0.1) is 0 Å². The van der Waals surface area contributed by atoms with Crippen LogP contribution < -0.4 is 16.0 Å². The molecule has 1 aliphatic heterocycles. The SMILES string of the molecule is CCNC(=NCC(=O)NC(C)(C)C)NCC(c1ccc(C)cc1)N1CCOCC1. The van der Waals surface area contributed by atoms with E-state index in [0.717, 1.165) is 32.8 Å². The number of nitrogens with zero attached hydrogens (tertiary/aromatic N) is 2. The lowest BCUT2D eigenvalue weighted by molar-refractivity contribution is -0.121. The second-order valence-electron chi connectivity index (χ2n) is 8.45. The third-order valence-corrected chi connectivity index (χ3v) is 4.65. The van der Waals surface area contributed by atoms with Gasteiger partial charge in [-0.3, -0.25) is 9.69 Å². The molecule has 2 rings (SSSR count). The van der Waals surface area contributed by atoms with Crippen molar-refractivity contribution in [1.29, 1.82) is 0 Å². The molecule has 1 heterocycles. The van der Waals surface area contributed by atoms with E-state index >= 15 is 0 Å². The lowest BCUT2D eigenvalue weighted by Gasteiger charge is -2.35. The van der Waals surface area contributed by atoms with Crippen LogP contribution in [-0.4, -0.2) is 68.2 Å². The Balaban J connectivity index is 2.06. The lowest BCUT2D eigenvalue weighted by atomic mass is 10.0. The lowest BCUT2D eigenvalue weighted by Crippen LogP contribution is -2.47. The Bertz CT molecular complexity index is 661. The number of aryl methyl sites for hydroxylation is 1. The summed E-state index contributed by atoms with van der Waals surface area (Å²) in [5.41, 5.74) is 2.26. The number of nitrogens with one attached hydrogen (secondary N) is 3. The summed E-state index contributed by atoms with van der Waals surface area (Å²) in [6.45, 7) is 14.9. The highest BCUT2D eigenvalue weighted by atomic mass is 16.5. The number of hydrogen-bond donors (Lipinski definition) is 3. The van der Waals surface area contributed by atoms with Gasteiger partial charge in [0, 0.05) is 31.7 Å². The fraction of sp³-hybridized carbons (Fsp3) is 0.636. The third kappa shape index (κ3) is 8.41. The second kappa shape index (κ2) is 11.2. The van der Waals surface area contributed by atoms with Crippen molar-refractivity contribution in [3.05, 3.63) is 35.4 Å². The molecule has 0 radical (unpaired) electrons. The molecule has 0 spiro atoms. The first-order chi connectivity index (χ1) is 13.8. The normalized spacial score (nSPS) is 16.9. The molecule has 1 unspecified atom stereocenters. The number of morpholine rings is 1. The van der Waals surface area contributed by atoms with Gasteiger partial charge in [-0.25, -0.2) is 4.99 Å². The molecule has 29 heavy (non-hydrogen) atoms. The Kier molecular flexibility index (Phi) is 8.92. The van der Waals surface area contributed by atoms with Gasteiger partial charge in [0.2, 0.25) is 5.91 Å². The van der Waals surface area contributed by atoms with Gasteiger partial charge in [-0.1, -0.05) is 29.8 Å². The summed E-state index contributed by atoms with van der Waals surface area (Å²) in [5, 5.41) is 9.60. The molecule has 1 saturated heterocycles. The Hall–Kier alpha value is -2.12. The standard InChI is InChI=1S/C22H37N5O2/c1-6-23-21(25-16-20(28)26-22(3,4)5)24-15-19(27-11-13-29-14-12-27)18-9-7-17(2)8-10-18/h7-10,19H,6,11-16H2,1-5H3,(H,26,28)(H2,23,24,25). The smallest absolute Gasteiger partial charge is 0.242 e. The van der Waals surface area contributed by atoms with Gasteiger partial charge in [-0.2, -0.15) is 0 Å². The van der Waals surface area contributed by atoms with Gasteiger partial charge < -0.3 is 20.7 Å². The van der Waals surface area contributed by atoms with Crippen LogP contribution in [0.1, 0.15) is 44.9 Å². The zero-order chi connectivity index (χ0) is 21.3. The van der Waals surface area contributed by atoms with Crippen LogP contribution in [0.5, 0.6) is 0 Å². The molecular weight excluding hydrogens is 366 g/mol. The van der Waals surface area contributed by atoms with Crippen LogP contribution in [0.4, 0.5) is 0 Å². The summed E-state index contributed by atoms with van der Waals surface area (Å²) in [5.74, 6) is 0.569. The fourth-order valence-electron chi connectivity index (χ4n) is 3.28. The number of ether oxygens (including phenoxy) is 1. The molecule has 1 amide bonds. The van der Waals surface area contributed by atoms with Crippen LogP contribution in [-0.2, 0) is 9.53 Å². The van der Waals surface area contributed by atoms with Crippen molar-refractivity contribution in [2.24, 2.45) is 4.99 Å². The topological polar surface area (TPSA) is 78.0 Å². The van der Waals surface area contributed by atoms with Gasteiger partial charge in [0.05, 0.1) is 19.3 Å². The average Bonchev–Trinajstić information content (AvgIpc) is 2.67. The minimum Gasteiger partial charge on any atom is -0.379 e. The van der Waals surface area contributed by atoms with Crippen LogP contribution in [0.15, 0.2) is 29.3 Å². The van der Waals surface area contributed by atoms with Crippen molar-refractivity contribution >= 4 is 11.9 Å². The molecule has 1 aromatic carbocycles. The maximum Gasteiger partial charge on any atom is 0.242 e. The Labute approximate surface area is 175 Å².